The molecule has 5 aliphatic rings. The SMILES string of the molecule is CC1=C[C@H]2[C@@]3(O)[C@H](C)[C@@H](OC(=O)NCC4CC4)[C@]4(O)[C@@H]([C@@H]3C=C(CO)C[C@]2(O)C1=O)C4(C)C. The fourth-order valence-electron chi connectivity index (χ4n) is 7.31. The highest BCUT2D eigenvalue weighted by atomic mass is 16.6. The number of alkyl carbamates (subject to hydrolysis) is 1. The van der Waals surface area contributed by atoms with Crippen LogP contribution < -0.4 is 5.32 Å². The van der Waals surface area contributed by atoms with Gasteiger partial charge in [-0.1, -0.05) is 32.9 Å². The molecular weight excluding hydrogens is 426 g/mol. The van der Waals surface area contributed by atoms with Crippen LogP contribution in [0.1, 0.15) is 47.0 Å². The van der Waals surface area contributed by atoms with Crippen LogP contribution in [0.25, 0.3) is 0 Å². The highest BCUT2D eigenvalue weighted by Gasteiger charge is 2.85. The topological polar surface area (TPSA) is 136 Å². The number of aliphatic hydroxyl groups excluding tert-OH is 1. The molecule has 5 N–H and O–H groups in total. The Balaban J connectivity index is 1.58. The Kier molecular flexibility index (Phi) is 4.82. The standard InChI is InChI=1S/C25H35NO7/c1-12-7-17-23(30,19(12)28)9-15(11-27)8-16-18-22(3,4)25(18,32)20(13(2)24(16,17)31)33-21(29)26-10-14-5-6-14/h7-8,13-14,16-18,20,27,30-32H,5-6,9-11H2,1-4H3,(H,26,29)/t13-,16+,17-,18+,20-,23-,24-,25-/m1/s1. The third-order valence-corrected chi connectivity index (χ3v) is 9.47. The van der Waals surface area contributed by atoms with E-state index in [4.69, 9.17) is 4.74 Å². The lowest BCUT2D eigenvalue weighted by atomic mass is 9.59. The number of rotatable bonds is 4. The number of carbonyl (C=O) groups is 2. The average molecular weight is 462 g/mol. The van der Waals surface area contributed by atoms with Gasteiger partial charge < -0.3 is 30.5 Å². The van der Waals surface area contributed by atoms with Crippen LogP contribution in [-0.4, -0.2) is 68.4 Å². The Morgan fingerprint density at radius 2 is 1.88 bits per heavy atom. The van der Waals surface area contributed by atoms with Gasteiger partial charge in [-0.2, -0.15) is 0 Å². The first-order valence-electron chi connectivity index (χ1n) is 12.0. The highest BCUT2D eigenvalue weighted by molar-refractivity contribution is 6.04. The largest absolute Gasteiger partial charge is 0.443 e. The van der Waals surface area contributed by atoms with Gasteiger partial charge in [0.05, 0.1) is 12.2 Å². The Bertz CT molecular complexity index is 968. The smallest absolute Gasteiger partial charge is 0.407 e. The Morgan fingerprint density at radius 3 is 2.48 bits per heavy atom. The first-order chi connectivity index (χ1) is 15.3. The normalized spacial score (nSPS) is 47.4. The van der Waals surface area contributed by atoms with Gasteiger partial charge in [-0.15, -0.1) is 0 Å². The molecule has 0 aromatic carbocycles. The number of carbonyl (C=O) groups excluding carboxylic acids is 2. The molecule has 5 rings (SSSR count). The summed E-state index contributed by atoms with van der Waals surface area (Å²) in [6.07, 6.45) is 3.73. The van der Waals surface area contributed by atoms with Crippen LogP contribution in [0, 0.1) is 35.0 Å². The minimum absolute atomic E-state index is 0.0919. The van der Waals surface area contributed by atoms with Gasteiger partial charge in [-0.3, -0.25) is 4.79 Å². The second-order valence-corrected chi connectivity index (χ2v) is 11.6. The third-order valence-electron chi connectivity index (χ3n) is 9.47. The number of ether oxygens (including phenoxy) is 1. The van der Waals surface area contributed by atoms with E-state index in [1.54, 1.807) is 26.0 Å². The van der Waals surface area contributed by atoms with Crippen LogP contribution in [0.3, 0.4) is 0 Å². The van der Waals surface area contributed by atoms with Crippen molar-refractivity contribution in [2.24, 2.45) is 35.0 Å². The number of hydrogen-bond donors (Lipinski definition) is 5. The molecule has 3 fully saturated rings. The van der Waals surface area contributed by atoms with Crippen LogP contribution in [0.2, 0.25) is 0 Å². The molecule has 0 saturated heterocycles. The predicted octanol–water partition coefficient (Wildman–Crippen LogP) is 1.07. The molecule has 8 heteroatoms. The van der Waals surface area contributed by atoms with Crippen molar-refractivity contribution in [3.05, 3.63) is 23.3 Å². The van der Waals surface area contributed by atoms with Crippen LogP contribution in [0.5, 0.6) is 0 Å². The molecule has 1 amide bonds. The molecule has 0 radical (unpaired) electrons. The van der Waals surface area contributed by atoms with E-state index in [0.29, 0.717) is 23.6 Å². The van der Waals surface area contributed by atoms with Crippen molar-refractivity contribution in [2.45, 2.75) is 69.9 Å². The number of hydrogen-bond acceptors (Lipinski definition) is 7. The van der Waals surface area contributed by atoms with Crippen LogP contribution >= 0.6 is 0 Å². The van der Waals surface area contributed by atoms with Gasteiger partial charge in [0, 0.05) is 42.1 Å². The zero-order valence-electron chi connectivity index (χ0n) is 19.7. The van der Waals surface area contributed by atoms with Crippen molar-refractivity contribution in [2.75, 3.05) is 13.2 Å². The predicted molar refractivity (Wildman–Crippen MR) is 118 cm³/mol. The van der Waals surface area contributed by atoms with Crippen molar-refractivity contribution in [3.8, 4) is 0 Å². The molecule has 0 unspecified atom stereocenters. The zero-order valence-corrected chi connectivity index (χ0v) is 19.7. The summed E-state index contributed by atoms with van der Waals surface area (Å²) in [5.41, 5.74) is -4.84. The Hall–Kier alpha value is -1.74. The monoisotopic (exact) mass is 461 g/mol. The van der Waals surface area contributed by atoms with Gasteiger partial charge in [-0.05, 0) is 36.8 Å². The van der Waals surface area contributed by atoms with Crippen molar-refractivity contribution >= 4 is 11.9 Å². The highest BCUT2D eigenvalue weighted by Crippen LogP contribution is 2.75. The van der Waals surface area contributed by atoms with Gasteiger partial charge in [0.25, 0.3) is 0 Å². The molecule has 0 aromatic heterocycles. The summed E-state index contributed by atoms with van der Waals surface area (Å²) in [6, 6.07) is 0. The summed E-state index contributed by atoms with van der Waals surface area (Å²) in [7, 11) is 0. The number of aliphatic hydroxyl groups is 4. The summed E-state index contributed by atoms with van der Waals surface area (Å²) < 4.78 is 5.80. The molecule has 33 heavy (non-hydrogen) atoms. The van der Waals surface area contributed by atoms with Crippen molar-refractivity contribution in [3.63, 3.8) is 0 Å². The third kappa shape index (κ3) is 2.84. The van der Waals surface area contributed by atoms with Crippen LogP contribution in [0.4, 0.5) is 4.79 Å². The second-order valence-electron chi connectivity index (χ2n) is 11.6. The van der Waals surface area contributed by atoms with Gasteiger partial charge in [0.15, 0.2) is 5.78 Å². The summed E-state index contributed by atoms with van der Waals surface area (Å²) in [5, 5.41) is 48.5. The Labute approximate surface area is 193 Å². The molecule has 8 nitrogen and oxygen atoms in total. The lowest BCUT2D eigenvalue weighted by molar-refractivity contribution is -0.209. The van der Waals surface area contributed by atoms with Gasteiger partial charge >= 0.3 is 6.09 Å². The summed E-state index contributed by atoms with van der Waals surface area (Å²) in [6.45, 7) is 7.22. The molecule has 8 atom stereocenters. The molecule has 0 aromatic rings. The second kappa shape index (κ2) is 6.90. The average Bonchev–Trinajstić information content (AvgIpc) is 3.64. The first-order valence-corrected chi connectivity index (χ1v) is 12.0. The van der Waals surface area contributed by atoms with E-state index in [-0.39, 0.29) is 13.0 Å². The maximum absolute atomic E-state index is 13.0. The van der Waals surface area contributed by atoms with Crippen molar-refractivity contribution in [1.29, 1.82) is 0 Å². The van der Waals surface area contributed by atoms with Crippen molar-refractivity contribution < 1.29 is 34.8 Å². The number of nitrogens with one attached hydrogen (secondary N) is 1. The molecule has 182 valence electrons. The van der Waals surface area contributed by atoms with E-state index in [0.717, 1.165) is 12.8 Å². The molecule has 0 heterocycles. The summed E-state index contributed by atoms with van der Waals surface area (Å²) >= 11 is 0. The van der Waals surface area contributed by atoms with Crippen LogP contribution in [-0.2, 0) is 9.53 Å². The van der Waals surface area contributed by atoms with Crippen molar-refractivity contribution in [1.82, 2.24) is 5.32 Å². The molecule has 0 aliphatic heterocycles. The zero-order chi connectivity index (χ0) is 24.1. The molecule has 0 spiro atoms. The summed E-state index contributed by atoms with van der Waals surface area (Å²) in [4.78, 5) is 25.7. The van der Waals surface area contributed by atoms with Gasteiger partial charge in [-0.25, -0.2) is 4.79 Å². The molecule has 3 saturated carbocycles. The maximum atomic E-state index is 13.0. The van der Waals surface area contributed by atoms with E-state index in [9.17, 15) is 30.0 Å². The maximum Gasteiger partial charge on any atom is 0.407 e. The van der Waals surface area contributed by atoms with E-state index in [1.165, 1.54) is 0 Å². The molecular formula is C25H35NO7. The molecule has 0 bridgehead atoms. The quantitative estimate of drug-likeness (QED) is 0.395. The van der Waals surface area contributed by atoms with E-state index < -0.39 is 63.9 Å². The fourth-order valence-corrected chi connectivity index (χ4v) is 7.31. The fraction of sp³-hybridized carbons (Fsp3) is 0.760. The number of amides is 1. The Morgan fingerprint density at radius 1 is 1.21 bits per heavy atom. The minimum atomic E-state index is -1.90. The van der Waals surface area contributed by atoms with Crippen LogP contribution in [0.15, 0.2) is 23.3 Å². The van der Waals surface area contributed by atoms with E-state index in [2.05, 4.69) is 5.32 Å². The van der Waals surface area contributed by atoms with E-state index >= 15 is 0 Å². The van der Waals surface area contributed by atoms with Gasteiger partial charge in [0.1, 0.15) is 17.3 Å². The molecule has 5 aliphatic carbocycles. The lowest BCUT2D eigenvalue weighted by Crippen LogP contribution is -2.66. The van der Waals surface area contributed by atoms with E-state index in [1.807, 2.05) is 13.8 Å². The number of Topliss-reactive ketones (excluding diaryl/α,β-unsaturated/α-hetero) is 1. The number of ketones is 1. The lowest BCUT2D eigenvalue weighted by Gasteiger charge is -2.52. The van der Waals surface area contributed by atoms with Gasteiger partial charge in [0.2, 0.25) is 0 Å². The first kappa shape index (κ1) is 23.0. The number of fused-ring (bicyclic) bond motifs is 5. The minimum Gasteiger partial charge on any atom is -0.443 e. The summed E-state index contributed by atoms with van der Waals surface area (Å²) in [5.74, 6) is -2.89.